The van der Waals surface area contributed by atoms with Crippen LogP contribution in [-0.4, -0.2) is 26.8 Å². The van der Waals surface area contributed by atoms with Crippen LogP contribution in [0.5, 0.6) is 0 Å². The van der Waals surface area contributed by atoms with E-state index in [4.69, 9.17) is 5.11 Å². The van der Waals surface area contributed by atoms with Crippen molar-refractivity contribution in [3.8, 4) is 0 Å². The predicted octanol–water partition coefficient (Wildman–Crippen LogP) is 1.27. The Hall–Kier alpha value is -1.85. The molecule has 0 aromatic carbocycles. The van der Waals surface area contributed by atoms with E-state index in [9.17, 15) is 9.59 Å². The number of nitrogens with one attached hydrogen (secondary N) is 1. The third-order valence-corrected chi connectivity index (χ3v) is 2.08. The Labute approximate surface area is 93.3 Å². The maximum absolute atomic E-state index is 11.0. The summed E-state index contributed by atoms with van der Waals surface area (Å²) >= 11 is 0. The van der Waals surface area contributed by atoms with Crippen molar-refractivity contribution < 1.29 is 14.7 Å². The first-order valence-corrected chi connectivity index (χ1v) is 5.10. The lowest BCUT2D eigenvalue weighted by Crippen LogP contribution is -2.19. The summed E-state index contributed by atoms with van der Waals surface area (Å²) in [5, 5.41) is 15.5. The molecule has 0 aliphatic carbocycles. The number of carbonyl (C=O) groups is 2. The molecule has 0 radical (unpaired) electrons. The summed E-state index contributed by atoms with van der Waals surface area (Å²) in [6.07, 6.45) is 2.82. The lowest BCUT2D eigenvalue weighted by atomic mass is 10.2. The van der Waals surface area contributed by atoms with Gasteiger partial charge in [0.2, 0.25) is 5.91 Å². The molecule has 0 aliphatic rings. The first kappa shape index (κ1) is 12.2. The minimum atomic E-state index is -0.917. The van der Waals surface area contributed by atoms with E-state index in [1.165, 1.54) is 11.6 Å². The van der Waals surface area contributed by atoms with E-state index in [0.29, 0.717) is 12.2 Å². The van der Waals surface area contributed by atoms with Crippen LogP contribution in [-0.2, 0) is 9.59 Å². The largest absolute Gasteiger partial charge is 0.480 e. The van der Waals surface area contributed by atoms with Crippen LogP contribution >= 0.6 is 0 Å². The van der Waals surface area contributed by atoms with Gasteiger partial charge in [0, 0.05) is 19.2 Å². The molecule has 1 rings (SSSR count). The first-order chi connectivity index (χ1) is 7.54. The third-order valence-electron chi connectivity index (χ3n) is 2.08. The van der Waals surface area contributed by atoms with Crippen molar-refractivity contribution in [1.82, 2.24) is 9.78 Å². The van der Waals surface area contributed by atoms with Gasteiger partial charge in [-0.3, -0.25) is 9.48 Å². The molecule has 1 aromatic rings. The van der Waals surface area contributed by atoms with Crippen molar-refractivity contribution in [3.05, 3.63) is 12.3 Å². The average Bonchev–Trinajstić information content (AvgIpc) is 2.60. The molecule has 2 N–H and O–H groups in total. The number of carboxylic acid groups (broad SMARTS) is 1. The zero-order valence-corrected chi connectivity index (χ0v) is 9.30. The minimum absolute atomic E-state index is 0.229. The molecule has 0 aliphatic heterocycles. The summed E-state index contributed by atoms with van der Waals surface area (Å²) in [5.41, 5.74) is 0. The maximum Gasteiger partial charge on any atom is 0.328 e. The van der Waals surface area contributed by atoms with Crippen LogP contribution in [0, 0.1) is 0 Å². The van der Waals surface area contributed by atoms with Crippen LogP contribution in [0.3, 0.4) is 0 Å². The van der Waals surface area contributed by atoms with E-state index in [1.807, 2.05) is 6.92 Å². The van der Waals surface area contributed by atoms with Gasteiger partial charge in [0.25, 0.3) is 0 Å². The van der Waals surface area contributed by atoms with Crippen molar-refractivity contribution in [1.29, 1.82) is 0 Å². The van der Waals surface area contributed by atoms with Gasteiger partial charge in [0.05, 0.1) is 0 Å². The van der Waals surface area contributed by atoms with Gasteiger partial charge in [-0.25, -0.2) is 4.79 Å². The molecule has 0 saturated heterocycles. The lowest BCUT2D eigenvalue weighted by molar-refractivity contribution is -0.141. The van der Waals surface area contributed by atoms with Crippen molar-refractivity contribution in [2.75, 3.05) is 5.32 Å². The number of hydrogen-bond acceptors (Lipinski definition) is 3. The second kappa shape index (κ2) is 5.29. The number of hydrogen-bond donors (Lipinski definition) is 2. The molecule has 16 heavy (non-hydrogen) atoms. The minimum Gasteiger partial charge on any atom is -0.480 e. The zero-order chi connectivity index (χ0) is 12.1. The molecule has 1 atom stereocenters. The number of anilines is 1. The van der Waals surface area contributed by atoms with Gasteiger partial charge in [-0.15, -0.1) is 0 Å². The molecule has 1 heterocycles. The second-order valence-electron chi connectivity index (χ2n) is 3.50. The number of aliphatic carboxylic acids is 1. The number of nitrogens with zero attached hydrogens (tertiary/aromatic N) is 2. The molecule has 1 aromatic heterocycles. The van der Waals surface area contributed by atoms with Crippen molar-refractivity contribution in [2.45, 2.75) is 32.7 Å². The Balaban J connectivity index is 2.81. The van der Waals surface area contributed by atoms with Crippen LogP contribution in [0.1, 0.15) is 32.7 Å². The molecule has 6 nitrogen and oxygen atoms in total. The van der Waals surface area contributed by atoms with Gasteiger partial charge in [-0.05, 0) is 6.42 Å². The van der Waals surface area contributed by atoms with E-state index in [-0.39, 0.29) is 5.91 Å². The molecular weight excluding hydrogens is 210 g/mol. The Morgan fingerprint density at radius 2 is 2.31 bits per heavy atom. The van der Waals surface area contributed by atoms with Crippen LogP contribution in [0.15, 0.2) is 12.3 Å². The fourth-order valence-corrected chi connectivity index (χ4v) is 1.40. The monoisotopic (exact) mass is 225 g/mol. The summed E-state index contributed by atoms with van der Waals surface area (Å²) in [7, 11) is 0. The first-order valence-electron chi connectivity index (χ1n) is 5.10. The number of carbonyl (C=O) groups excluding carboxylic acids is 1. The van der Waals surface area contributed by atoms with Crippen molar-refractivity contribution in [3.63, 3.8) is 0 Å². The van der Waals surface area contributed by atoms with Gasteiger partial charge in [-0.2, -0.15) is 5.10 Å². The molecule has 0 saturated carbocycles. The molecular formula is C10H15N3O3. The average molecular weight is 225 g/mol. The van der Waals surface area contributed by atoms with E-state index in [2.05, 4.69) is 10.4 Å². The summed E-state index contributed by atoms with van der Waals surface area (Å²) in [5.74, 6) is -0.776. The molecule has 6 heteroatoms. The summed E-state index contributed by atoms with van der Waals surface area (Å²) < 4.78 is 1.36. The zero-order valence-electron chi connectivity index (χ0n) is 9.30. The van der Waals surface area contributed by atoms with E-state index in [1.54, 1.807) is 12.3 Å². The highest BCUT2D eigenvalue weighted by molar-refractivity contribution is 5.87. The highest BCUT2D eigenvalue weighted by Crippen LogP contribution is 2.15. The Bertz CT molecular complexity index is 386. The number of aromatic nitrogens is 2. The summed E-state index contributed by atoms with van der Waals surface area (Å²) in [6, 6.07) is 0.903. The van der Waals surface area contributed by atoms with Crippen LogP contribution in [0.25, 0.3) is 0 Å². The SMILES string of the molecule is CCCC(C(=O)O)n1ccc(NC(C)=O)n1. The smallest absolute Gasteiger partial charge is 0.328 e. The van der Waals surface area contributed by atoms with Gasteiger partial charge in [-0.1, -0.05) is 13.3 Å². The molecule has 1 amide bonds. The molecule has 1 unspecified atom stereocenters. The van der Waals surface area contributed by atoms with Crippen molar-refractivity contribution in [2.24, 2.45) is 0 Å². The van der Waals surface area contributed by atoms with Gasteiger partial charge >= 0.3 is 5.97 Å². The fourth-order valence-electron chi connectivity index (χ4n) is 1.40. The van der Waals surface area contributed by atoms with Crippen LogP contribution < -0.4 is 5.32 Å². The number of amides is 1. The number of rotatable bonds is 5. The lowest BCUT2D eigenvalue weighted by Gasteiger charge is -2.11. The molecule has 0 bridgehead atoms. The number of carboxylic acids is 1. The third kappa shape index (κ3) is 3.08. The van der Waals surface area contributed by atoms with Gasteiger partial charge < -0.3 is 10.4 Å². The van der Waals surface area contributed by atoms with Crippen LogP contribution in [0.4, 0.5) is 5.82 Å². The Morgan fingerprint density at radius 3 is 2.81 bits per heavy atom. The van der Waals surface area contributed by atoms with Crippen molar-refractivity contribution >= 4 is 17.7 Å². The van der Waals surface area contributed by atoms with Crippen LogP contribution in [0.2, 0.25) is 0 Å². The highest BCUT2D eigenvalue weighted by Gasteiger charge is 2.19. The normalized spacial score (nSPS) is 12.1. The quantitative estimate of drug-likeness (QED) is 0.790. The van der Waals surface area contributed by atoms with E-state index < -0.39 is 12.0 Å². The second-order valence-corrected chi connectivity index (χ2v) is 3.50. The Kier molecular flexibility index (Phi) is 4.04. The summed E-state index contributed by atoms with van der Waals surface area (Å²) in [6.45, 7) is 3.29. The van der Waals surface area contributed by atoms with E-state index >= 15 is 0 Å². The molecule has 0 spiro atoms. The maximum atomic E-state index is 11.0. The van der Waals surface area contributed by atoms with E-state index in [0.717, 1.165) is 6.42 Å². The topological polar surface area (TPSA) is 84.2 Å². The van der Waals surface area contributed by atoms with Gasteiger partial charge in [0.15, 0.2) is 5.82 Å². The standard InChI is InChI=1S/C10H15N3O3/c1-3-4-8(10(15)16)13-6-5-9(12-13)11-7(2)14/h5-6,8H,3-4H2,1-2H3,(H,15,16)(H,11,12,14). The predicted molar refractivity (Wildman–Crippen MR) is 58.1 cm³/mol. The molecule has 88 valence electrons. The Morgan fingerprint density at radius 1 is 1.62 bits per heavy atom. The summed E-state index contributed by atoms with van der Waals surface area (Å²) in [4.78, 5) is 21.7. The van der Waals surface area contributed by atoms with Gasteiger partial charge in [0.1, 0.15) is 6.04 Å². The fraction of sp³-hybridized carbons (Fsp3) is 0.500. The highest BCUT2D eigenvalue weighted by atomic mass is 16.4. The molecule has 0 fully saturated rings.